The molecule has 0 aromatic rings. The zero-order valence-corrected chi connectivity index (χ0v) is 10.9. The Morgan fingerprint density at radius 3 is 2.41 bits per heavy atom. The van der Waals surface area contributed by atoms with Crippen LogP contribution in [-0.4, -0.2) is 54.4 Å². The van der Waals surface area contributed by atoms with Crippen LogP contribution in [0.3, 0.4) is 0 Å². The van der Waals surface area contributed by atoms with Crippen molar-refractivity contribution in [3.8, 4) is 0 Å². The first-order chi connectivity index (χ1) is 7.92. The highest BCUT2D eigenvalue weighted by atomic mass is 16.5. The number of carbonyl (C=O) groups excluding carboxylic acids is 1. The molecule has 6 heteroatoms. The molecular formula is C11H22N2O4. The second kappa shape index (κ2) is 7.89. The third kappa shape index (κ3) is 6.11. The Bertz CT molecular complexity index is 258. The number of nitrogens with one attached hydrogen (secondary N) is 1. The zero-order chi connectivity index (χ0) is 13.4. The minimum absolute atomic E-state index is 0.0949. The van der Waals surface area contributed by atoms with E-state index in [-0.39, 0.29) is 24.7 Å². The van der Waals surface area contributed by atoms with Gasteiger partial charge in [0.05, 0.1) is 6.10 Å². The number of ether oxygens (including phenoxy) is 1. The molecule has 0 heterocycles. The Hall–Kier alpha value is -1.30. The van der Waals surface area contributed by atoms with Crippen molar-refractivity contribution in [3.05, 3.63) is 0 Å². The van der Waals surface area contributed by atoms with Crippen molar-refractivity contribution in [3.63, 3.8) is 0 Å². The minimum Gasteiger partial charge on any atom is -0.480 e. The molecule has 0 bridgehead atoms. The minimum atomic E-state index is -1.01. The molecule has 2 N–H and O–H groups in total. The van der Waals surface area contributed by atoms with E-state index in [1.807, 2.05) is 20.8 Å². The van der Waals surface area contributed by atoms with Crippen LogP contribution >= 0.6 is 0 Å². The summed E-state index contributed by atoms with van der Waals surface area (Å²) < 4.78 is 5.00. The largest absolute Gasteiger partial charge is 0.480 e. The van der Waals surface area contributed by atoms with Gasteiger partial charge in [-0.15, -0.1) is 0 Å². The Labute approximate surface area is 102 Å². The van der Waals surface area contributed by atoms with Crippen molar-refractivity contribution >= 4 is 12.0 Å². The van der Waals surface area contributed by atoms with Gasteiger partial charge in [0.25, 0.3) is 0 Å². The fourth-order valence-corrected chi connectivity index (χ4v) is 1.21. The van der Waals surface area contributed by atoms with Gasteiger partial charge in [-0.1, -0.05) is 6.92 Å². The lowest BCUT2D eigenvalue weighted by Crippen LogP contribution is -2.48. The molecule has 2 amide bonds. The first-order valence-electron chi connectivity index (χ1n) is 5.71. The molecule has 0 aliphatic rings. The number of rotatable bonds is 7. The lowest BCUT2D eigenvalue weighted by atomic mass is 10.2. The number of carboxylic acid groups (broad SMARTS) is 1. The number of carbonyl (C=O) groups is 2. The first kappa shape index (κ1) is 15.7. The summed E-state index contributed by atoms with van der Waals surface area (Å²) in [6, 6.07) is -0.477. The predicted molar refractivity (Wildman–Crippen MR) is 64.0 cm³/mol. The molecule has 6 nitrogen and oxygen atoms in total. The maximum absolute atomic E-state index is 11.8. The summed E-state index contributed by atoms with van der Waals surface area (Å²) in [4.78, 5) is 23.8. The van der Waals surface area contributed by atoms with Crippen molar-refractivity contribution in [1.82, 2.24) is 10.2 Å². The molecule has 0 aromatic carbocycles. The number of methoxy groups -OCH3 is 1. The Morgan fingerprint density at radius 2 is 2.00 bits per heavy atom. The monoisotopic (exact) mass is 246 g/mol. The third-order valence-corrected chi connectivity index (χ3v) is 2.63. The van der Waals surface area contributed by atoms with Crippen LogP contribution < -0.4 is 5.32 Å². The van der Waals surface area contributed by atoms with Gasteiger partial charge in [-0.25, -0.2) is 4.79 Å². The number of hydrogen-bond acceptors (Lipinski definition) is 3. The Morgan fingerprint density at radius 1 is 1.41 bits per heavy atom. The Balaban J connectivity index is 4.37. The summed E-state index contributed by atoms with van der Waals surface area (Å²) >= 11 is 0. The van der Waals surface area contributed by atoms with Gasteiger partial charge < -0.3 is 20.1 Å². The molecule has 17 heavy (non-hydrogen) atoms. The second-order valence-electron chi connectivity index (χ2n) is 4.01. The summed E-state index contributed by atoms with van der Waals surface area (Å²) in [5.41, 5.74) is 0. The standard InChI is InChI=1S/C11H22N2O4/c1-5-8(2)13(7-10(14)15)11(16)12-6-9(3)17-4/h8-9H,5-7H2,1-4H3,(H,12,16)(H,14,15). The SMILES string of the molecule is CCC(C)N(CC(=O)O)C(=O)NCC(C)OC. The van der Waals surface area contributed by atoms with Gasteiger partial charge in [0.1, 0.15) is 6.54 Å². The average molecular weight is 246 g/mol. The number of nitrogens with zero attached hydrogens (tertiary/aromatic N) is 1. The highest BCUT2D eigenvalue weighted by Gasteiger charge is 2.21. The smallest absolute Gasteiger partial charge is 0.323 e. The lowest BCUT2D eigenvalue weighted by molar-refractivity contribution is -0.138. The number of aliphatic carboxylic acids is 1. The predicted octanol–water partition coefficient (Wildman–Crippen LogP) is 0.916. The molecule has 0 rings (SSSR count). The van der Waals surface area contributed by atoms with E-state index in [1.165, 1.54) is 4.90 Å². The molecule has 0 spiro atoms. The second-order valence-corrected chi connectivity index (χ2v) is 4.01. The highest BCUT2D eigenvalue weighted by Crippen LogP contribution is 2.03. The van der Waals surface area contributed by atoms with Gasteiger partial charge in [0, 0.05) is 19.7 Å². The maximum atomic E-state index is 11.8. The highest BCUT2D eigenvalue weighted by molar-refractivity contribution is 5.80. The zero-order valence-electron chi connectivity index (χ0n) is 10.9. The molecule has 0 aliphatic heterocycles. The van der Waals surface area contributed by atoms with E-state index in [1.54, 1.807) is 7.11 Å². The van der Waals surface area contributed by atoms with E-state index < -0.39 is 5.97 Å². The normalized spacial score (nSPS) is 13.9. The van der Waals surface area contributed by atoms with Gasteiger partial charge in [0.2, 0.25) is 0 Å². The fourth-order valence-electron chi connectivity index (χ4n) is 1.21. The van der Waals surface area contributed by atoms with Gasteiger partial charge in [-0.05, 0) is 20.3 Å². The number of amides is 2. The van der Waals surface area contributed by atoms with Crippen LogP contribution in [0.1, 0.15) is 27.2 Å². The van der Waals surface area contributed by atoms with Gasteiger partial charge in [-0.3, -0.25) is 4.79 Å². The summed E-state index contributed by atoms with van der Waals surface area (Å²) in [5.74, 6) is -1.01. The topological polar surface area (TPSA) is 78.9 Å². The van der Waals surface area contributed by atoms with Crippen LogP contribution in [0.4, 0.5) is 4.79 Å². The van der Waals surface area contributed by atoms with E-state index in [9.17, 15) is 9.59 Å². The lowest BCUT2D eigenvalue weighted by Gasteiger charge is -2.27. The van der Waals surface area contributed by atoms with E-state index in [2.05, 4.69) is 5.32 Å². The Kier molecular flexibility index (Phi) is 7.29. The number of urea groups is 1. The molecule has 0 radical (unpaired) electrons. The fraction of sp³-hybridized carbons (Fsp3) is 0.818. The van der Waals surface area contributed by atoms with Crippen molar-refractivity contribution in [2.24, 2.45) is 0 Å². The average Bonchev–Trinajstić information content (AvgIpc) is 2.31. The van der Waals surface area contributed by atoms with Crippen LogP contribution in [0.2, 0.25) is 0 Å². The number of hydrogen-bond donors (Lipinski definition) is 2. The molecular weight excluding hydrogens is 224 g/mol. The molecule has 100 valence electrons. The van der Waals surface area contributed by atoms with E-state index in [4.69, 9.17) is 9.84 Å². The van der Waals surface area contributed by atoms with Crippen LogP contribution in [0.15, 0.2) is 0 Å². The molecule has 0 fully saturated rings. The van der Waals surface area contributed by atoms with Gasteiger partial charge in [0.15, 0.2) is 0 Å². The van der Waals surface area contributed by atoms with Crippen LogP contribution in [-0.2, 0) is 9.53 Å². The van der Waals surface area contributed by atoms with Crippen LogP contribution in [0, 0.1) is 0 Å². The van der Waals surface area contributed by atoms with Crippen LogP contribution in [0.25, 0.3) is 0 Å². The summed E-state index contributed by atoms with van der Waals surface area (Å²) in [6.45, 7) is 5.63. The molecule has 0 saturated carbocycles. The quantitative estimate of drug-likeness (QED) is 0.700. The molecule has 2 atom stereocenters. The maximum Gasteiger partial charge on any atom is 0.323 e. The number of carboxylic acids is 1. The van der Waals surface area contributed by atoms with Gasteiger partial charge >= 0.3 is 12.0 Å². The van der Waals surface area contributed by atoms with Crippen molar-refractivity contribution in [1.29, 1.82) is 0 Å². The molecule has 2 unspecified atom stereocenters. The van der Waals surface area contributed by atoms with Crippen molar-refractivity contribution in [2.75, 3.05) is 20.2 Å². The molecule has 0 saturated heterocycles. The van der Waals surface area contributed by atoms with Crippen molar-refractivity contribution in [2.45, 2.75) is 39.3 Å². The van der Waals surface area contributed by atoms with Crippen molar-refractivity contribution < 1.29 is 19.4 Å². The third-order valence-electron chi connectivity index (χ3n) is 2.63. The summed E-state index contributed by atoms with van der Waals surface area (Å²) in [7, 11) is 1.56. The van der Waals surface area contributed by atoms with Crippen LogP contribution in [0.5, 0.6) is 0 Å². The summed E-state index contributed by atoms with van der Waals surface area (Å²) in [5, 5.41) is 11.4. The van der Waals surface area contributed by atoms with E-state index in [0.29, 0.717) is 13.0 Å². The van der Waals surface area contributed by atoms with E-state index >= 15 is 0 Å². The first-order valence-corrected chi connectivity index (χ1v) is 5.71. The molecule has 0 aliphatic carbocycles. The molecule has 0 aromatic heterocycles. The van der Waals surface area contributed by atoms with Gasteiger partial charge in [-0.2, -0.15) is 0 Å². The summed E-state index contributed by atoms with van der Waals surface area (Å²) in [6.07, 6.45) is 0.614. The van der Waals surface area contributed by atoms with E-state index in [0.717, 1.165) is 0 Å².